The van der Waals surface area contributed by atoms with Crippen molar-refractivity contribution in [3.63, 3.8) is 0 Å². The largest absolute Gasteiger partial charge is 0.339 e. The molecule has 150 valence electrons. The van der Waals surface area contributed by atoms with Crippen molar-refractivity contribution in [3.05, 3.63) is 82.5 Å². The number of anilines is 1. The number of pyridine rings is 1. The number of rotatable bonds is 5. The van der Waals surface area contributed by atoms with E-state index in [1.807, 2.05) is 82.3 Å². The summed E-state index contributed by atoms with van der Waals surface area (Å²) < 4.78 is 0. The molecule has 3 aromatic rings. The summed E-state index contributed by atoms with van der Waals surface area (Å²) in [5.74, 6) is -0.274. The molecular formula is C23H25N3O2S. The lowest BCUT2D eigenvalue weighted by Crippen LogP contribution is -2.29. The third-order valence-corrected chi connectivity index (χ3v) is 5.59. The SMILES string of the molecule is Cc1cc(NC(=O)C(C)(C)C)sc1C(=O)NC(c1ccccc1)c1ccccn1. The molecule has 5 nitrogen and oxygen atoms in total. The Balaban J connectivity index is 1.85. The molecule has 0 aliphatic rings. The van der Waals surface area contributed by atoms with E-state index < -0.39 is 5.41 Å². The fraction of sp³-hybridized carbons (Fsp3) is 0.261. The number of carbonyl (C=O) groups excluding carboxylic acids is 2. The molecule has 0 saturated carbocycles. The van der Waals surface area contributed by atoms with Gasteiger partial charge >= 0.3 is 0 Å². The Hall–Kier alpha value is -2.99. The van der Waals surface area contributed by atoms with Crippen LogP contribution in [0.4, 0.5) is 5.00 Å². The molecule has 0 fully saturated rings. The number of hydrogen-bond acceptors (Lipinski definition) is 4. The molecule has 6 heteroatoms. The van der Waals surface area contributed by atoms with Gasteiger partial charge < -0.3 is 10.6 Å². The molecule has 29 heavy (non-hydrogen) atoms. The first kappa shape index (κ1) is 20.7. The van der Waals surface area contributed by atoms with Gasteiger partial charge in [0.2, 0.25) is 5.91 Å². The van der Waals surface area contributed by atoms with Gasteiger partial charge in [-0.2, -0.15) is 0 Å². The van der Waals surface area contributed by atoms with Crippen LogP contribution in [0.3, 0.4) is 0 Å². The fourth-order valence-corrected chi connectivity index (χ4v) is 3.76. The average molecular weight is 408 g/mol. The molecule has 3 rings (SSSR count). The van der Waals surface area contributed by atoms with Gasteiger partial charge in [-0.3, -0.25) is 14.6 Å². The molecule has 0 aliphatic carbocycles. The second-order valence-electron chi connectivity index (χ2n) is 7.90. The van der Waals surface area contributed by atoms with Gasteiger partial charge in [0.25, 0.3) is 5.91 Å². The highest BCUT2D eigenvalue weighted by molar-refractivity contribution is 7.18. The predicted molar refractivity (Wildman–Crippen MR) is 117 cm³/mol. The van der Waals surface area contributed by atoms with E-state index in [9.17, 15) is 9.59 Å². The molecular weight excluding hydrogens is 382 g/mol. The van der Waals surface area contributed by atoms with Crippen molar-refractivity contribution < 1.29 is 9.59 Å². The van der Waals surface area contributed by atoms with Crippen molar-refractivity contribution in [1.29, 1.82) is 0 Å². The number of carbonyl (C=O) groups is 2. The first-order chi connectivity index (χ1) is 13.8. The van der Waals surface area contributed by atoms with Crippen LogP contribution in [0.5, 0.6) is 0 Å². The Morgan fingerprint density at radius 2 is 1.72 bits per heavy atom. The number of benzene rings is 1. The Morgan fingerprint density at radius 3 is 2.34 bits per heavy atom. The van der Waals surface area contributed by atoms with Gasteiger partial charge in [0.15, 0.2) is 0 Å². The molecule has 0 bridgehead atoms. The summed E-state index contributed by atoms with van der Waals surface area (Å²) in [6.45, 7) is 7.44. The lowest BCUT2D eigenvalue weighted by Gasteiger charge is -2.18. The maximum absolute atomic E-state index is 13.1. The Morgan fingerprint density at radius 1 is 1.03 bits per heavy atom. The number of nitrogens with one attached hydrogen (secondary N) is 2. The molecule has 2 amide bonds. The van der Waals surface area contributed by atoms with E-state index in [4.69, 9.17) is 0 Å². The zero-order valence-electron chi connectivity index (χ0n) is 17.0. The fourth-order valence-electron chi connectivity index (χ4n) is 2.79. The second kappa shape index (κ2) is 8.57. The van der Waals surface area contributed by atoms with E-state index in [1.165, 1.54) is 11.3 Å². The van der Waals surface area contributed by atoms with Crippen molar-refractivity contribution in [3.8, 4) is 0 Å². The summed E-state index contributed by atoms with van der Waals surface area (Å²) in [5.41, 5.74) is 2.04. The minimum atomic E-state index is -0.502. The number of thiophene rings is 1. The van der Waals surface area contributed by atoms with E-state index in [0.717, 1.165) is 16.8 Å². The average Bonchev–Trinajstić information content (AvgIpc) is 3.06. The van der Waals surface area contributed by atoms with Gasteiger partial charge in [-0.05, 0) is 36.2 Å². The van der Waals surface area contributed by atoms with Crippen LogP contribution in [0.2, 0.25) is 0 Å². The van der Waals surface area contributed by atoms with E-state index in [1.54, 1.807) is 6.20 Å². The van der Waals surface area contributed by atoms with Crippen molar-refractivity contribution in [1.82, 2.24) is 10.3 Å². The van der Waals surface area contributed by atoms with Crippen LogP contribution in [-0.2, 0) is 4.79 Å². The third kappa shape index (κ3) is 5.09. The minimum absolute atomic E-state index is 0.0821. The molecule has 0 aliphatic heterocycles. The van der Waals surface area contributed by atoms with Crippen molar-refractivity contribution in [2.24, 2.45) is 5.41 Å². The molecule has 2 heterocycles. The van der Waals surface area contributed by atoms with Crippen LogP contribution in [0.15, 0.2) is 60.8 Å². The highest BCUT2D eigenvalue weighted by Gasteiger charge is 2.24. The smallest absolute Gasteiger partial charge is 0.262 e. The van der Waals surface area contributed by atoms with E-state index >= 15 is 0 Å². The van der Waals surface area contributed by atoms with Gasteiger partial charge in [0.1, 0.15) is 0 Å². The van der Waals surface area contributed by atoms with Gasteiger partial charge in [-0.15, -0.1) is 11.3 Å². The first-order valence-electron chi connectivity index (χ1n) is 9.44. The number of aromatic nitrogens is 1. The van der Waals surface area contributed by atoms with Crippen LogP contribution in [0.25, 0.3) is 0 Å². The van der Waals surface area contributed by atoms with Gasteiger partial charge in [0, 0.05) is 11.6 Å². The lowest BCUT2D eigenvalue weighted by molar-refractivity contribution is -0.123. The van der Waals surface area contributed by atoms with E-state index in [-0.39, 0.29) is 17.9 Å². The van der Waals surface area contributed by atoms with Crippen molar-refractivity contribution >= 4 is 28.2 Å². The van der Waals surface area contributed by atoms with Crippen LogP contribution in [0.1, 0.15) is 53.3 Å². The lowest BCUT2D eigenvalue weighted by atomic mass is 9.96. The van der Waals surface area contributed by atoms with Crippen molar-refractivity contribution in [2.75, 3.05) is 5.32 Å². The Labute approximate surface area is 175 Å². The third-order valence-electron chi connectivity index (χ3n) is 4.43. The molecule has 0 saturated heterocycles. The zero-order valence-corrected chi connectivity index (χ0v) is 17.8. The van der Waals surface area contributed by atoms with Crippen molar-refractivity contribution in [2.45, 2.75) is 33.7 Å². The van der Waals surface area contributed by atoms with Gasteiger partial charge in [-0.25, -0.2) is 0 Å². The number of nitrogens with zero attached hydrogens (tertiary/aromatic N) is 1. The van der Waals surface area contributed by atoms with Crippen LogP contribution < -0.4 is 10.6 Å². The maximum Gasteiger partial charge on any atom is 0.262 e. The minimum Gasteiger partial charge on any atom is -0.339 e. The molecule has 2 aromatic heterocycles. The summed E-state index contributed by atoms with van der Waals surface area (Å²) >= 11 is 1.28. The van der Waals surface area contributed by atoms with Gasteiger partial charge in [-0.1, -0.05) is 57.2 Å². The molecule has 0 spiro atoms. The molecule has 1 atom stereocenters. The predicted octanol–water partition coefficient (Wildman–Crippen LogP) is 4.96. The summed E-state index contributed by atoms with van der Waals surface area (Å²) in [4.78, 5) is 30.3. The summed E-state index contributed by atoms with van der Waals surface area (Å²) in [7, 11) is 0. The van der Waals surface area contributed by atoms with E-state index in [0.29, 0.717) is 9.88 Å². The second-order valence-corrected chi connectivity index (χ2v) is 8.95. The highest BCUT2D eigenvalue weighted by Crippen LogP contribution is 2.29. The topological polar surface area (TPSA) is 71.1 Å². The molecule has 1 unspecified atom stereocenters. The van der Waals surface area contributed by atoms with Crippen LogP contribution in [-0.4, -0.2) is 16.8 Å². The molecule has 0 radical (unpaired) electrons. The summed E-state index contributed by atoms with van der Waals surface area (Å²) in [6, 6.07) is 16.9. The summed E-state index contributed by atoms with van der Waals surface area (Å²) in [6.07, 6.45) is 1.72. The van der Waals surface area contributed by atoms with E-state index in [2.05, 4.69) is 15.6 Å². The Kier molecular flexibility index (Phi) is 6.13. The monoisotopic (exact) mass is 407 g/mol. The zero-order chi connectivity index (χ0) is 21.0. The first-order valence-corrected chi connectivity index (χ1v) is 10.3. The number of hydrogen-bond donors (Lipinski definition) is 2. The maximum atomic E-state index is 13.1. The highest BCUT2D eigenvalue weighted by atomic mass is 32.1. The number of amides is 2. The molecule has 2 N–H and O–H groups in total. The van der Waals surface area contributed by atoms with Crippen LogP contribution in [0, 0.1) is 12.3 Å². The summed E-state index contributed by atoms with van der Waals surface area (Å²) in [5, 5.41) is 6.67. The van der Waals surface area contributed by atoms with Crippen LogP contribution >= 0.6 is 11.3 Å². The molecule has 1 aromatic carbocycles. The number of aryl methyl sites for hydroxylation is 1. The van der Waals surface area contributed by atoms with Gasteiger partial charge in [0.05, 0.1) is 21.6 Å². The Bertz CT molecular complexity index is 952. The standard InChI is InChI=1S/C23H25N3O2S/c1-15-14-18(25-22(28)23(2,3)4)29-20(15)21(27)26-19(16-10-6-5-7-11-16)17-12-8-9-13-24-17/h5-14,19H,1-4H3,(H,25,28)(H,26,27). The quantitative estimate of drug-likeness (QED) is 0.628. The normalized spacial score (nSPS) is 12.3.